The Morgan fingerprint density at radius 3 is 2.47 bits per heavy atom. The summed E-state index contributed by atoms with van der Waals surface area (Å²) in [6.07, 6.45) is 5.89. The number of hydrogen-bond donors (Lipinski definition) is 2. The van der Waals surface area contributed by atoms with Crippen molar-refractivity contribution in [2.75, 3.05) is 13.6 Å². The molecule has 2 fully saturated rings. The van der Waals surface area contributed by atoms with Gasteiger partial charge in [0.1, 0.15) is 5.76 Å². The van der Waals surface area contributed by atoms with E-state index < -0.39 is 0 Å². The van der Waals surface area contributed by atoms with Gasteiger partial charge in [-0.1, -0.05) is 35.5 Å². The topological polar surface area (TPSA) is 65.7 Å². The molecule has 0 amide bonds. The molecule has 164 valence electrons. The van der Waals surface area contributed by atoms with E-state index in [1.54, 1.807) is 0 Å². The van der Waals surface area contributed by atoms with Crippen molar-refractivity contribution in [3.05, 3.63) is 52.9 Å². The summed E-state index contributed by atoms with van der Waals surface area (Å²) in [5, 5.41) is 11.2. The molecule has 2 atom stereocenters. The Bertz CT molecular complexity index is 804. The second-order valence-electron chi connectivity index (χ2n) is 8.41. The molecule has 2 saturated heterocycles. The van der Waals surface area contributed by atoms with Gasteiger partial charge in [0.2, 0.25) is 0 Å². The second-order valence-corrected chi connectivity index (χ2v) is 8.41. The number of rotatable bonds is 6. The lowest BCUT2D eigenvalue weighted by Gasteiger charge is -2.39. The summed E-state index contributed by atoms with van der Waals surface area (Å²) in [6.45, 7) is 5.87. The third kappa shape index (κ3) is 5.35. The summed E-state index contributed by atoms with van der Waals surface area (Å²) < 4.78 is 5.26. The van der Waals surface area contributed by atoms with Gasteiger partial charge in [0, 0.05) is 43.8 Å². The van der Waals surface area contributed by atoms with Crippen molar-refractivity contribution in [1.82, 2.24) is 20.7 Å². The highest BCUT2D eigenvalue weighted by Crippen LogP contribution is 2.36. The lowest BCUT2D eigenvalue weighted by Crippen LogP contribution is -2.52. The van der Waals surface area contributed by atoms with Crippen LogP contribution in [-0.4, -0.2) is 47.7 Å². The van der Waals surface area contributed by atoms with Crippen molar-refractivity contribution in [2.45, 2.75) is 70.6 Å². The van der Waals surface area contributed by atoms with E-state index >= 15 is 0 Å². The van der Waals surface area contributed by atoms with Crippen LogP contribution in [0.5, 0.6) is 0 Å². The van der Waals surface area contributed by atoms with Crippen molar-refractivity contribution in [3.63, 3.8) is 0 Å². The number of aromatic nitrogens is 1. The molecule has 1 aromatic carbocycles. The molecule has 1 aromatic heterocycles. The molecule has 3 heterocycles. The zero-order valence-corrected chi connectivity index (χ0v) is 20.6. The number of nitrogens with one attached hydrogen (secondary N) is 2. The van der Waals surface area contributed by atoms with Crippen molar-refractivity contribution < 1.29 is 4.52 Å². The first-order chi connectivity index (χ1) is 14.1. The Balaban J connectivity index is 0.00000256. The number of piperidine rings is 1. The van der Waals surface area contributed by atoms with Gasteiger partial charge in [0.15, 0.2) is 5.96 Å². The Hall–Kier alpha value is -1.61. The molecule has 2 aliphatic heterocycles. The Kier molecular flexibility index (Phi) is 8.16. The fourth-order valence-corrected chi connectivity index (χ4v) is 5.00. The molecule has 6 nitrogen and oxygen atoms in total. The van der Waals surface area contributed by atoms with Gasteiger partial charge in [0.25, 0.3) is 0 Å². The molecule has 0 aliphatic carbocycles. The summed E-state index contributed by atoms with van der Waals surface area (Å²) in [6, 6.07) is 12.7. The summed E-state index contributed by atoms with van der Waals surface area (Å²) in [4.78, 5) is 7.17. The maximum atomic E-state index is 5.26. The van der Waals surface area contributed by atoms with E-state index in [0.717, 1.165) is 36.9 Å². The highest BCUT2D eigenvalue weighted by Gasteiger charge is 2.40. The SMILES string of the molecule is CN=C(NCCc1c(C)noc1C)NC1CC2CCC(C1)N2Cc1ccccc1.I. The van der Waals surface area contributed by atoms with Crippen LogP contribution in [0.1, 0.15) is 48.3 Å². The number of fused-ring (bicyclic) bond motifs is 2. The van der Waals surface area contributed by atoms with Gasteiger partial charge in [-0.3, -0.25) is 9.89 Å². The third-order valence-electron chi connectivity index (χ3n) is 6.51. The quantitative estimate of drug-likeness (QED) is 0.343. The molecule has 2 aromatic rings. The van der Waals surface area contributed by atoms with Gasteiger partial charge in [-0.25, -0.2) is 0 Å². The highest BCUT2D eigenvalue weighted by atomic mass is 127. The number of hydrogen-bond acceptors (Lipinski definition) is 4. The summed E-state index contributed by atoms with van der Waals surface area (Å²) in [7, 11) is 1.85. The fraction of sp³-hybridized carbons (Fsp3) is 0.565. The molecular weight excluding hydrogens is 489 g/mol. The van der Waals surface area contributed by atoms with E-state index in [2.05, 4.69) is 56.0 Å². The maximum absolute atomic E-state index is 5.26. The van der Waals surface area contributed by atoms with Crippen molar-refractivity contribution >= 4 is 29.9 Å². The van der Waals surface area contributed by atoms with Crippen LogP contribution in [0.2, 0.25) is 0 Å². The standard InChI is InChI=1S/C23H33N5O.HI/c1-16-22(17(2)29-27-16)11-12-25-23(24-3)26-19-13-20-9-10-21(14-19)28(20)15-18-7-5-4-6-8-18;/h4-8,19-21H,9-15H2,1-3H3,(H2,24,25,26);1H. The minimum Gasteiger partial charge on any atom is -0.361 e. The number of aliphatic imine (C=N–C) groups is 1. The second kappa shape index (κ2) is 10.6. The van der Waals surface area contributed by atoms with Gasteiger partial charge in [-0.05, 0) is 51.5 Å². The van der Waals surface area contributed by atoms with Gasteiger partial charge < -0.3 is 15.2 Å². The van der Waals surface area contributed by atoms with E-state index in [9.17, 15) is 0 Å². The predicted molar refractivity (Wildman–Crippen MR) is 131 cm³/mol. The predicted octanol–water partition coefficient (Wildman–Crippen LogP) is 3.81. The van der Waals surface area contributed by atoms with E-state index in [4.69, 9.17) is 4.52 Å². The molecule has 30 heavy (non-hydrogen) atoms. The summed E-state index contributed by atoms with van der Waals surface area (Å²) >= 11 is 0. The van der Waals surface area contributed by atoms with E-state index in [1.165, 1.54) is 36.8 Å². The number of nitrogens with zero attached hydrogens (tertiary/aromatic N) is 3. The number of benzene rings is 1. The number of guanidine groups is 1. The number of halogens is 1. The molecule has 2 unspecified atom stereocenters. The largest absolute Gasteiger partial charge is 0.361 e. The molecule has 0 saturated carbocycles. The van der Waals surface area contributed by atoms with Crippen LogP contribution < -0.4 is 10.6 Å². The lowest BCUT2D eigenvalue weighted by molar-refractivity contribution is 0.114. The molecular formula is C23H34IN5O. The average molecular weight is 523 g/mol. The molecule has 2 aliphatic rings. The van der Waals surface area contributed by atoms with Gasteiger partial charge >= 0.3 is 0 Å². The smallest absolute Gasteiger partial charge is 0.191 e. The van der Waals surface area contributed by atoms with Crippen LogP contribution in [0.15, 0.2) is 39.8 Å². The van der Waals surface area contributed by atoms with Crippen LogP contribution in [0.4, 0.5) is 0 Å². The van der Waals surface area contributed by atoms with Crippen molar-refractivity contribution in [1.29, 1.82) is 0 Å². The van der Waals surface area contributed by atoms with Crippen LogP contribution in [-0.2, 0) is 13.0 Å². The Labute approximate surface area is 196 Å². The normalized spacial score (nSPS) is 23.8. The molecule has 2 bridgehead atoms. The van der Waals surface area contributed by atoms with Crippen LogP contribution >= 0.6 is 24.0 Å². The van der Waals surface area contributed by atoms with Crippen molar-refractivity contribution in [2.24, 2.45) is 4.99 Å². The van der Waals surface area contributed by atoms with Crippen LogP contribution in [0, 0.1) is 13.8 Å². The van der Waals surface area contributed by atoms with E-state index in [1.807, 2.05) is 20.9 Å². The highest BCUT2D eigenvalue weighted by molar-refractivity contribution is 14.0. The molecule has 0 radical (unpaired) electrons. The average Bonchev–Trinajstić information content (AvgIpc) is 3.16. The van der Waals surface area contributed by atoms with E-state index in [-0.39, 0.29) is 24.0 Å². The van der Waals surface area contributed by atoms with Gasteiger partial charge in [-0.15, -0.1) is 24.0 Å². The Morgan fingerprint density at radius 2 is 1.87 bits per heavy atom. The minimum atomic E-state index is 0. The van der Waals surface area contributed by atoms with Crippen LogP contribution in [0.25, 0.3) is 0 Å². The molecule has 4 rings (SSSR count). The van der Waals surface area contributed by atoms with Crippen molar-refractivity contribution in [3.8, 4) is 0 Å². The van der Waals surface area contributed by atoms with Crippen LogP contribution in [0.3, 0.4) is 0 Å². The van der Waals surface area contributed by atoms with Gasteiger partial charge in [-0.2, -0.15) is 0 Å². The zero-order chi connectivity index (χ0) is 20.2. The Morgan fingerprint density at radius 1 is 1.17 bits per heavy atom. The third-order valence-corrected chi connectivity index (χ3v) is 6.51. The van der Waals surface area contributed by atoms with Gasteiger partial charge in [0.05, 0.1) is 5.69 Å². The molecule has 7 heteroatoms. The lowest BCUT2D eigenvalue weighted by atomic mass is 9.96. The molecule has 0 spiro atoms. The minimum absolute atomic E-state index is 0. The first-order valence-corrected chi connectivity index (χ1v) is 10.8. The molecule has 2 N–H and O–H groups in total. The number of aryl methyl sites for hydroxylation is 2. The zero-order valence-electron chi connectivity index (χ0n) is 18.2. The summed E-state index contributed by atoms with van der Waals surface area (Å²) in [5.74, 6) is 1.81. The van der Waals surface area contributed by atoms with E-state index in [0.29, 0.717) is 18.1 Å². The summed E-state index contributed by atoms with van der Waals surface area (Å²) in [5.41, 5.74) is 3.60. The maximum Gasteiger partial charge on any atom is 0.191 e. The monoisotopic (exact) mass is 523 g/mol. The first-order valence-electron chi connectivity index (χ1n) is 10.8. The fourth-order valence-electron chi connectivity index (χ4n) is 5.00. The first kappa shape index (κ1) is 23.1.